The predicted molar refractivity (Wildman–Crippen MR) is 115 cm³/mol. The van der Waals surface area contributed by atoms with Gasteiger partial charge in [-0.2, -0.15) is 0 Å². The molecule has 4 unspecified atom stereocenters. The van der Waals surface area contributed by atoms with E-state index in [1.165, 1.54) is 0 Å². The Labute approximate surface area is 176 Å². The SMILES string of the molecule is COCCNC(=O)CC1OC(CNC(=S)Nc2ccc(N(C)C)cc2)C(O)C1O. The lowest BCUT2D eigenvalue weighted by atomic mass is 10.1. The second-order valence-electron chi connectivity index (χ2n) is 7.02. The van der Waals surface area contributed by atoms with E-state index in [1.807, 2.05) is 43.3 Å². The summed E-state index contributed by atoms with van der Waals surface area (Å²) in [6.07, 6.45) is -3.76. The van der Waals surface area contributed by atoms with E-state index in [0.29, 0.717) is 18.3 Å². The molecule has 0 spiro atoms. The molecule has 1 fully saturated rings. The van der Waals surface area contributed by atoms with Gasteiger partial charge < -0.3 is 40.5 Å². The van der Waals surface area contributed by atoms with Gasteiger partial charge in [0.25, 0.3) is 0 Å². The van der Waals surface area contributed by atoms with Crippen LogP contribution in [0.4, 0.5) is 11.4 Å². The normalized spacial score (nSPS) is 23.5. The third kappa shape index (κ3) is 7.09. The van der Waals surface area contributed by atoms with Crippen molar-refractivity contribution in [2.24, 2.45) is 0 Å². The molecule has 0 radical (unpaired) electrons. The van der Waals surface area contributed by atoms with Crippen LogP contribution in [-0.4, -0.2) is 86.6 Å². The fraction of sp³-hybridized carbons (Fsp3) is 0.579. The maximum atomic E-state index is 11.9. The summed E-state index contributed by atoms with van der Waals surface area (Å²) >= 11 is 5.27. The molecule has 29 heavy (non-hydrogen) atoms. The molecule has 0 aromatic heterocycles. The number of benzene rings is 1. The smallest absolute Gasteiger partial charge is 0.222 e. The van der Waals surface area contributed by atoms with Gasteiger partial charge in [0, 0.05) is 45.7 Å². The maximum absolute atomic E-state index is 11.9. The number of rotatable bonds is 9. The Bertz CT molecular complexity index is 673. The van der Waals surface area contributed by atoms with Crippen molar-refractivity contribution in [2.75, 3.05) is 51.1 Å². The highest BCUT2D eigenvalue weighted by molar-refractivity contribution is 7.80. The Morgan fingerprint density at radius 3 is 2.45 bits per heavy atom. The molecule has 1 aromatic rings. The molecule has 9 nitrogen and oxygen atoms in total. The van der Waals surface area contributed by atoms with E-state index in [2.05, 4.69) is 16.0 Å². The zero-order valence-corrected chi connectivity index (χ0v) is 17.7. The number of ether oxygens (including phenoxy) is 2. The molecule has 5 N–H and O–H groups in total. The Hall–Kier alpha value is -1.98. The molecular weight excluding hydrogens is 396 g/mol. The number of amides is 1. The molecule has 0 saturated carbocycles. The van der Waals surface area contributed by atoms with Gasteiger partial charge in [0.15, 0.2) is 5.11 Å². The highest BCUT2D eigenvalue weighted by Crippen LogP contribution is 2.23. The van der Waals surface area contributed by atoms with Gasteiger partial charge >= 0.3 is 0 Å². The minimum Gasteiger partial charge on any atom is -0.388 e. The Balaban J connectivity index is 1.77. The van der Waals surface area contributed by atoms with Crippen molar-refractivity contribution in [3.63, 3.8) is 0 Å². The monoisotopic (exact) mass is 426 g/mol. The summed E-state index contributed by atoms with van der Waals surface area (Å²) in [5.41, 5.74) is 1.90. The van der Waals surface area contributed by atoms with Crippen LogP contribution in [0.5, 0.6) is 0 Å². The second kappa shape index (κ2) is 11.3. The standard InChI is InChI=1S/C19H30N4O5S/c1-23(2)13-6-4-12(5-7-13)22-19(29)21-11-15-18(26)17(25)14(28-15)10-16(24)20-8-9-27-3/h4-7,14-15,17-18,25-26H,8-11H2,1-3H3,(H,20,24)(H2,21,22,29). The molecule has 2 rings (SSSR count). The molecule has 1 saturated heterocycles. The molecular formula is C19H30N4O5S. The number of nitrogens with one attached hydrogen (secondary N) is 3. The summed E-state index contributed by atoms with van der Waals surface area (Å²) in [4.78, 5) is 13.9. The number of nitrogens with zero attached hydrogens (tertiary/aromatic N) is 1. The fourth-order valence-corrected chi connectivity index (χ4v) is 3.12. The lowest BCUT2D eigenvalue weighted by Crippen LogP contribution is -2.41. The summed E-state index contributed by atoms with van der Waals surface area (Å²) < 4.78 is 10.5. The van der Waals surface area contributed by atoms with Crippen LogP contribution < -0.4 is 20.9 Å². The van der Waals surface area contributed by atoms with Crippen LogP contribution in [0.3, 0.4) is 0 Å². The molecule has 1 aliphatic rings. The highest BCUT2D eigenvalue weighted by atomic mass is 32.1. The molecule has 162 valence electrons. The molecule has 1 aromatic carbocycles. The fourth-order valence-electron chi connectivity index (χ4n) is 2.92. The van der Waals surface area contributed by atoms with Gasteiger partial charge in [-0.05, 0) is 36.5 Å². The first-order valence-electron chi connectivity index (χ1n) is 9.41. The van der Waals surface area contributed by atoms with Crippen molar-refractivity contribution < 1.29 is 24.5 Å². The van der Waals surface area contributed by atoms with Gasteiger partial charge in [-0.25, -0.2) is 0 Å². The van der Waals surface area contributed by atoms with Crippen LogP contribution in [0.1, 0.15) is 6.42 Å². The number of hydrogen-bond acceptors (Lipinski definition) is 7. The highest BCUT2D eigenvalue weighted by Gasteiger charge is 2.43. The Kier molecular flexibility index (Phi) is 9.05. The Morgan fingerprint density at radius 1 is 1.17 bits per heavy atom. The van der Waals surface area contributed by atoms with E-state index in [9.17, 15) is 15.0 Å². The van der Waals surface area contributed by atoms with Crippen molar-refractivity contribution >= 4 is 34.6 Å². The number of carbonyl (C=O) groups is 1. The van der Waals surface area contributed by atoms with E-state index in [4.69, 9.17) is 21.7 Å². The van der Waals surface area contributed by atoms with Gasteiger partial charge in [-0.15, -0.1) is 0 Å². The number of thiocarbonyl (C=S) groups is 1. The summed E-state index contributed by atoms with van der Waals surface area (Å²) in [5.74, 6) is -0.273. The van der Waals surface area contributed by atoms with Crippen LogP contribution in [0, 0.1) is 0 Å². The van der Waals surface area contributed by atoms with Crippen molar-refractivity contribution in [1.82, 2.24) is 10.6 Å². The summed E-state index contributed by atoms with van der Waals surface area (Å²) in [5, 5.41) is 29.4. The molecule has 0 bridgehead atoms. The van der Waals surface area contributed by atoms with Crippen molar-refractivity contribution in [3.05, 3.63) is 24.3 Å². The first-order valence-corrected chi connectivity index (χ1v) is 9.82. The number of carbonyl (C=O) groups excluding carboxylic acids is 1. The maximum Gasteiger partial charge on any atom is 0.222 e. The molecule has 4 atom stereocenters. The number of aliphatic hydroxyl groups is 2. The van der Waals surface area contributed by atoms with Crippen molar-refractivity contribution in [1.29, 1.82) is 0 Å². The molecule has 1 aliphatic heterocycles. The topological polar surface area (TPSA) is 115 Å². The lowest BCUT2D eigenvalue weighted by Gasteiger charge is -2.18. The van der Waals surface area contributed by atoms with Crippen LogP contribution in [0.2, 0.25) is 0 Å². The quantitative estimate of drug-likeness (QED) is 0.268. The average Bonchev–Trinajstić information content (AvgIpc) is 2.95. The second-order valence-corrected chi connectivity index (χ2v) is 7.43. The van der Waals surface area contributed by atoms with Gasteiger partial charge in [-0.3, -0.25) is 4.79 Å². The van der Waals surface area contributed by atoms with Crippen LogP contribution in [-0.2, 0) is 14.3 Å². The number of hydrogen-bond donors (Lipinski definition) is 5. The zero-order valence-electron chi connectivity index (χ0n) is 16.9. The summed E-state index contributed by atoms with van der Waals surface area (Å²) in [6, 6.07) is 7.75. The first-order chi connectivity index (χ1) is 13.8. The van der Waals surface area contributed by atoms with Crippen molar-refractivity contribution in [3.8, 4) is 0 Å². The number of anilines is 2. The van der Waals surface area contributed by atoms with Gasteiger partial charge in [0.2, 0.25) is 5.91 Å². The number of methoxy groups -OCH3 is 1. The third-order valence-electron chi connectivity index (χ3n) is 4.58. The zero-order chi connectivity index (χ0) is 21.4. The van der Waals surface area contributed by atoms with E-state index in [-0.39, 0.29) is 18.9 Å². The van der Waals surface area contributed by atoms with Crippen LogP contribution in [0.15, 0.2) is 24.3 Å². The minimum atomic E-state index is -1.14. The largest absolute Gasteiger partial charge is 0.388 e. The van der Waals surface area contributed by atoms with Gasteiger partial charge in [-0.1, -0.05) is 0 Å². The Morgan fingerprint density at radius 2 is 1.83 bits per heavy atom. The van der Waals surface area contributed by atoms with E-state index >= 15 is 0 Å². The van der Waals surface area contributed by atoms with E-state index in [0.717, 1.165) is 11.4 Å². The molecule has 10 heteroatoms. The van der Waals surface area contributed by atoms with Gasteiger partial charge in [0.05, 0.1) is 19.1 Å². The minimum absolute atomic E-state index is 0.0423. The lowest BCUT2D eigenvalue weighted by molar-refractivity contribution is -0.125. The molecule has 1 amide bonds. The average molecular weight is 427 g/mol. The molecule has 0 aliphatic carbocycles. The van der Waals surface area contributed by atoms with E-state index < -0.39 is 24.4 Å². The van der Waals surface area contributed by atoms with Crippen LogP contribution >= 0.6 is 12.2 Å². The predicted octanol–water partition coefficient (Wildman–Crippen LogP) is -0.319. The van der Waals surface area contributed by atoms with Crippen LogP contribution in [0.25, 0.3) is 0 Å². The summed E-state index contributed by atoms with van der Waals surface area (Å²) in [6.45, 7) is 0.972. The van der Waals surface area contributed by atoms with Gasteiger partial charge in [0.1, 0.15) is 18.3 Å². The van der Waals surface area contributed by atoms with E-state index in [1.54, 1.807) is 7.11 Å². The number of aliphatic hydroxyl groups excluding tert-OH is 2. The molecule has 1 heterocycles. The third-order valence-corrected chi connectivity index (χ3v) is 4.83. The first kappa shape index (κ1) is 23.3. The van der Waals surface area contributed by atoms with Crippen molar-refractivity contribution in [2.45, 2.75) is 30.8 Å². The summed E-state index contributed by atoms with van der Waals surface area (Å²) in [7, 11) is 5.47.